The maximum absolute atomic E-state index is 12.4. The van der Waals surface area contributed by atoms with Crippen molar-refractivity contribution in [3.8, 4) is 0 Å². The van der Waals surface area contributed by atoms with Gasteiger partial charge >= 0.3 is 6.03 Å². The van der Waals surface area contributed by atoms with E-state index in [2.05, 4.69) is 15.4 Å². The molecular formula is C16H24N4O4S. The smallest absolute Gasteiger partial charge is 0.322 e. The first-order chi connectivity index (χ1) is 11.9. The first kappa shape index (κ1) is 19.2. The zero-order valence-corrected chi connectivity index (χ0v) is 15.2. The highest BCUT2D eigenvalue weighted by atomic mass is 32.2. The van der Waals surface area contributed by atoms with Crippen LogP contribution in [0.25, 0.3) is 0 Å². The van der Waals surface area contributed by atoms with E-state index < -0.39 is 16.1 Å². The fourth-order valence-electron chi connectivity index (χ4n) is 2.60. The number of sulfonamides is 1. The number of nitrogens with one attached hydrogen (secondary N) is 3. The summed E-state index contributed by atoms with van der Waals surface area (Å²) >= 11 is 0. The van der Waals surface area contributed by atoms with Gasteiger partial charge in [-0.15, -0.1) is 0 Å². The molecule has 1 aromatic rings. The van der Waals surface area contributed by atoms with Gasteiger partial charge in [0.1, 0.15) is 6.04 Å². The van der Waals surface area contributed by atoms with Crippen LogP contribution in [0.5, 0.6) is 0 Å². The minimum Gasteiger partial charge on any atom is -0.353 e. The SMILES string of the molecule is CCCNS(=O)(=O)c1ccc(NC(=O)N2CCNC(=O)[C@H]2CC)cc1. The Morgan fingerprint density at radius 3 is 2.56 bits per heavy atom. The second-order valence-electron chi connectivity index (χ2n) is 5.76. The monoisotopic (exact) mass is 368 g/mol. The van der Waals surface area contributed by atoms with Gasteiger partial charge in [-0.05, 0) is 37.1 Å². The number of amides is 3. The number of hydrogen-bond acceptors (Lipinski definition) is 4. The summed E-state index contributed by atoms with van der Waals surface area (Å²) in [5.74, 6) is -0.160. The summed E-state index contributed by atoms with van der Waals surface area (Å²) in [6.07, 6.45) is 1.23. The van der Waals surface area contributed by atoms with E-state index in [9.17, 15) is 18.0 Å². The Bertz CT molecular complexity index is 718. The van der Waals surface area contributed by atoms with Gasteiger partial charge < -0.3 is 15.5 Å². The highest BCUT2D eigenvalue weighted by molar-refractivity contribution is 7.89. The van der Waals surface area contributed by atoms with E-state index in [1.807, 2.05) is 13.8 Å². The Morgan fingerprint density at radius 1 is 1.28 bits per heavy atom. The van der Waals surface area contributed by atoms with Crippen molar-refractivity contribution in [3.63, 3.8) is 0 Å². The number of nitrogens with zero attached hydrogens (tertiary/aromatic N) is 1. The minimum atomic E-state index is -3.53. The molecule has 0 saturated carbocycles. The summed E-state index contributed by atoms with van der Waals surface area (Å²) in [6, 6.07) is 5.07. The summed E-state index contributed by atoms with van der Waals surface area (Å²) in [5, 5.41) is 5.45. The third-order valence-electron chi connectivity index (χ3n) is 3.94. The van der Waals surface area contributed by atoms with Crippen molar-refractivity contribution in [1.82, 2.24) is 14.9 Å². The Balaban J connectivity index is 2.05. The molecule has 8 nitrogen and oxygen atoms in total. The molecule has 3 N–H and O–H groups in total. The highest BCUT2D eigenvalue weighted by Crippen LogP contribution is 2.16. The van der Waals surface area contributed by atoms with Crippen molar-refractivity contribution in [1.29, 1.82) is 0 Å². The molecule has 0 spiro atoms. The highest BCUT2D eigenvalue weighted by Gasteiger charge is 2.31. The van der Waals surface area contributed by atoms with Gasteiger partial charge in [0, 0.05) is 25.3 Å². The Morgan fingerprint density at radius 2 is 1.96 bits per heavy atom. The first-order valence-corrected chi connectivity index (χ1v) is 9.82. The Kier molecular flexibility index (Phi) is 6.38. The topological polar surface area (TPSA) is 108 Å². The van der Waals surface area contributed by atoms with Crippen molar-refractivity contribution in [2.45, 2.75) is 37.6 Å². The average molecular weight is 368 g/mol. The Labute approximate surface area is 148 Å². The van der Waals surface area contributed by atoms with Gasteiger partial charge in [-0.3, -0.25) is 4.79 Å². The van der Waals surface area contributed by atoms with Crippen molar-refractivity contribution < 1.29 is 18.0 Å². The lowest BCUT2D eigenvalue weighted by Crippen LogP contribution is -2.57. The normalized spacial score (nSPS) is 17.9. The molecule has 1 fully saturated rings. The molecule has 0 aliphatic carbocycles. The molecule has 0 aromatic heterocycles. The predicted molar refractivity (Wildman–Crippen MR) is 94.7 cm³/mol. The molecule has 1 aliphatic heterocycles. The fraction of sp³-hybridized carbons (Fsp3) is 0.500. The van der Waals surface area contributed by atoms with E-state index in [1.165, 1.54) is 29.2 Å². The zero-order valence-electron chi connectivity index (χ0n) is 14.4. The van der Waals surface area contributed by atoms with Crippen LogP contribution in [0.2, 0.25) is 0 Å². The van der Waals surface area contributed by atoms with E-state index in [1.54, 1.807) is 0 Å². The summed E-state index contributed by atoms with van der Waals surface area (Å²) in [7, 11) is -3.53. The van der Waals surface area contributed by atoms with Crippen molar-refractivity contribution in [3.05, 3.63) is 24.3 Å². The van der Waals surface area contributed by atoms with Crippen LogP contribution in [0.3, 0.4) is 0 Å². The molecule has 0 unspecified atom stereocenters. The standard InChI is InChI=1S/C16H24N4O4S/c1-3-9-18-25(23,24)13-7-5-12(6-8-13)19-16(22)20-11-10-17-15(21)14(20)4-2/h5-8,14,18H,3-4,9-11H2,1-2H3,(H,17,21)(H,19,22)/t14-/m1/s1. The van der Waals surface area contributed by atoms with Crippen LogP contribution < -0.4 is 15.4 Å². The van der Waals surface area contributed by atoms with Gasteiger partial charge in [0.15, 0.2) is 0 Å². The van der Waals surface area contributed by atoms with Crippen LogP contribution in [-0.2, 0) is 14.8 Å². The molecule has 3 amide bonds. The number of rotatable bonds is 6. The van der Waals surface area contributed by atoms with E-state index in [-0.39, 0.29) is 16.8 Å². The summed E-state index contributed by atoms with van der Waals surface area (Å²) in [4.78, 5) is 25.9. The molecule has 0 bridgehead atoms. The number of anilines is 1. The first-order valence-electron chi connectivity index (χ1n) is 8.34. The summed E-state index contributed by atoms with van der Waals surface area (Å²) in [5.41, 5.74) is 0.472. The molecule has 1 saturated heterocycles. The molecule has 138 valence electrons. The Hall–Kier alpha value is -2.13. The predicted octanol–water partition coefficient (Wildman–Crippen LogP) is 1.12. The lowest BCUT2D eigenvalue weighted by molar-refractivity contribution is -0.127. The molecule has 9 heteroatoms. The van der Waals surface area contributed by atoms with Crippen molar-refractivity contribution in [2.24, 2.45) is 0 Å². The third-order valence-corrected chi connectivity index (χ3v) is 5.41. The van der Waals surface area contributed by atoms with Gasteiger partial charge in [0.25, 0.3) is 0 Å². The lowest BCUT2D eigenvalue weighted by atomic mass is 10.1. The average Bonchev–Trinajstić information content (AvgIpc) is 2.60. The number of benzene rings is 1. The van der Waals surface area contributed by atoms with Crippen LogP contribution >= 0.6 is 0 Å². The summed E-state index contributed by atoms with van der Waals surface area (Å²) in [6.45, 7) is 4.95. The van der Waals surface area contributed by atoms with Gasteiger partial charge in [-0.1, -0.05) is 13.8 Å². The van der Waals surface area contributed by atoms with Crippen molar-refractivity contribution in [2.75, 3.05) is 25.0 Å². The minimum absolute atomic E-state index is 0.141. The quantitative estimate of drug-likeness (QED) is 0.699. The van der Waals surface area contributed by atoms with Crippen LogP contribution in [0, 0.1) is 0 Å². The van der Waals surface area contributed by atoms with E-state index in [0.717, 1.165) is 0 Å². The van der Waals surface area contributed by atoms with Gasteiger partial charge in [0.05, 0.1) is 4.90 Å². The third kappa shape index (κ3) is 4.70. The van der Waals surface area contributed by atoms with Gasteiger partial charge in [0.2, 0.25) is 15.9 Å². The zero-order chi connectivity index (χ0) is 18.4. The van der Waals surface area contributed by atoms with Crippen LogP contribution in [0.1, 0.15) is 26.7 Å². The maximum Gasteiger partial charge on any atom is 0.322 e. The lowest BCUT2D eigenvalue weighted by Gasteiger charge is -2.34. The van der Waals surface area contributed by atoms with Crippen molar-refractivity contribution >= 4 is 27.6 Å². The molecule has 1 heterocycles. The number of carbonyl (C=O) groups is 2. The fourth-order valence-corrected chi connectivity index (χ4v) is 3.73. The molecule has 2 rings (SSSR count). The van der Waals surface area contributed by atoms with Crippen LogP contribution in [0.15, 0.2) is 29.2 Å². The molecule has 1 aliphatic rings. The number of hydrogen-bond donors (Lipinski definition) is 3. The maximum atomic E-state index is 12.4. The molecular weight excluding hydrogens is 344 g/mol. The largest absolute Gasteiger partial charge is 0.353 e. The van der Waals surface area contributed by atoms with E-state index in [4.69, 9.17) is 0 Å². The van der Waals surface area contributed by atoms with Gasteiger partial charge in [-0.2, -0.15) is 0 Å². The number of urea groups is 1. The second kappa shape index (κ2) is 8.30. The van der Waals surface area contributed by atoms with Crippen LogP contribution in [0.4, 0.5) is 10.5 Å². The van der Waals surface area contributed by atoms with Crippen LogP contribution in [-0.4, -0.2) is 50.9 Å². The number of piperazine rings is 1. The van der Waals surface area contributed by atoms with E-state index in [0.29, 0.717) is 38.2 Å². The second-order valence-corrected chi connectivity index (χ2v) is 7.53. The molecule has 0 radical (unpaired) electrons. The molecule has 1 aromatic carbocycles. The summed E-state index contributed by atoms with van der Waals surface area (Å²) < 4.78 is 26.6. The number of carbonyl (C=O) groups excluding carboxylic acids is 2. The van der Waals surface area contributed by atoms with E-state index >= 15 is 0 Å². The van der Waals surface area contributed by atoms with Gasteiger partial charge in [-0.25, -0.2) is 17.9 Å². The molecule has 25 heavy (non-hydrogen) atoms. The molecule has 1 atom stereocenters.